The van der Waals surface area contributed by atoms with Crippen LogP contribution in [-0.4, -0.2) is 58.0 Å². The lowest BCUT2D eigenvalue weighted by molar-refractivity contribution is -0.149. The first-order valence-electron chi connectivity index (χ1n) is 6.74. The number of carbonyl (C=O) groups is 2. The molecule has 2 heterocycles. The Bertz CT molecular complexity index is 481. The second kappa shape index (κ2) is 6.74. The fourth-order valence-corrected chi connectivity index (χ4v) is 3.02. The third-order valence-corrected chi connectivity index (χ3v) is 4.46. The predicted octanol–water partition coefficient (Wildman–Crippen LogP) is 1.25. The number of piperazine rings is 1. The Morgan fingerprint density at radius 3 is 2.75 bits per heavy atom. The van der Waals surface area contributed by atoms with Crippen molar-refractivity contribution in [3.05, 3.63) is 24.5 Å². The van der Waals surface area contributed by atoms with Crippen LogP contribution in [0.4, 0.5) is 0 Å². The first-order chi connectivity index (χ1) is 9.63. The summed E-state index contributed by atoms with van der Waals surface area (Å²) in [5.41, 5.74) is 0. The quantitative estimate of drug-likeness (QED) is 0.784. The van der Waals surface area contributed by atoms with Crippen molar-refractivity contribution in [2.45, 2.75) is 24.8 Å². The van der Waals surface area contributed by atoms with Gasteiger partial charge in [0.25, 0.3) is 0 Å². The molecule has 20 heavy (non-hydrogen) atoms. The number of pyridine rings is 1. The molecule has 1 aromatic heterocycles. The molecule has 0 radical (unpaired) electrons. The van der Waals surface area contributed by atoms with Gasteiger partial charge in [-0.2, -0.15) is 0 Å². The molecule has 1 unspecified atom stereocenters. The van der Waals surface area contributed by atoms with Gasteiger partial charge in [0.2, 0.25) is 11.8 Å². The molecule has 1 aliphatic rings. The lowest BCUT2D eigenvalue weighted by Crippen LogP contribution is -2.57. The Morgan fingerprint density at radius 1 is 1.40 bits per heavy atom. The van der Waals surface area contributed by atoms with Crippen molar-refractivity contribution in [1.29, 1.82) is 0 Å². The third-order valence-electron chi connectivity index (χ3n) is 3.46. The summed E-state index contributed by atoms with van der Waals surface area (Å²) in [6.07, 6.45) is 3.41. The van der Waals surface area contributed by atoms with E-state index in [2.05, 4.69) is 4.98 Å². The first kappa shape index (κ1) is 14.8. The summed E-state index contributed by atoms with van der Waals surface area (Å²) in [6.45, 7) is 5.72. The van der Waals surface area contributed by atoms with Crippen LogP contribution < -0.4 is 0 Å². The van der Waals surface area contributed by atoms with E-state index in [0.29, 0.717) is 25.4 Å². The molecule has 1 atom stereocenters. The fourth-order valence-electron chi connectivity index (χ4n) is 2.25. The molecule has 0 aliphatic carbocycles. The number of hydrogen-bond donors (Lipinski definition) is 0. The van der Waals surface area contributed by atoms with Gasteiger partial charge in [0.05, 0.1) is 5.75 Å². The van der Waals surface area contributed by atoms with E-state index in [9.17, 15) is 9.59 Å². The zero-order valence-corrected chi connectivity index (χ0v) is 12.6. The molecule has 5 nitrogen and oxygen atoms in total. The Labute approximate surface area is 123 Å². The Morgan fingerprint density at radius 2 is 2.10 bits per heavy atom. The average molecular weight is 293 g/mol. The minimum absolute atomic E-state index is 0.0171. The second-order valence-corrected chi connectivity index (χ2v) is 5.70. The molecule has 0 N–H and O–H groups in total. The Hall–Kier alpha value is -1.56. The molecule has 0 aromatic carbocycles. The van der Waals surface area contributed by atoms with Crippen LogP contribution in [0.25, 0.3) is 0 Å². The number of nitrogens with zero attached hydrogens (tertiary/aromatic N) is 3. The van der Waals surface area contributed by atoms with Crippen LogP contribution in [0.15, 0.2) is 29.4 Å². The van der Waals surface area contributed by atoms with Crippen molar-refractivity contribution in [3.63, 3.8) is 0 Å². The smallest absolute Gasteiger partial charge is 0.245 e. The van der Waals surface area contributed by atoms with Crippen molar-refractivity contribution >= 4 is 23.6 Å². The van der Waals surface area contributed by atoms with Gasteiger partial charge in [0, 0.05) is 36.9 Å². The largest absolute Gasteiger partial charge is 0.339 e. The highest BCUT2D eigenvalue weighted by molar-refractivity contribution is 8.00. The van der Waals surface area contributed by atoms with Gasteiger partial charge in [-0.05, 0) is 26.0 Å². The van der Waals surface area contributed by atoms with Gasteiger partial charge in [0.1, 0.15) is 6.04 Å². The Kier molecular flexibility index (Phi) is 5.00. The van der Waals surface area contributed by atoms with Crippen molar-refractivity contribution in [2.24, 2.45) is 0 Å². The van der Waals surface area contributed by atoms with Gasteiger partial charge in [-0.25, -0.2) is 0 Å². The van der Waals surface area contributed by atoms with Crippen molar-refractivity contribution in [2.75, 3.05) is 25.4 Å². The van der Waals surface area contributed by atoms with E-state index in [1.165, 1.54) is 11.8 Å². The molecule has 1 aromatic rings. The highest BCUT2D eigenvalue weighted by Crippen LogP contribution is 2.19. The lowest BCUT2D eigenvalue weighted by Gasteiger charge is -2.38. The summed E-state index contributed by atoms with van der Waals surface area (Å²) >= 11 is 1.48. The molecule has 6 heteroatoms. The lowest BCUT2D eigenvalue weighted by atomic mass is 10.2. The molecule has 0 spiro atoms. The summed E-state index contributed by atoms with van der Waals surface area (Å²) in [4.78, 5) is 32.7. The van der Waals surface area contributed by atoms with Crippen molar-refractivity contribution < 1.29 is 9.59 Å². The topological polar surface area (TPSA) is 53.5 Å². The van der Waals surface area contributed by atoms with Crippen molar-refractivity contribution in [3.8, 4) is 0 Å². The summed E-state index contributed by atoms with van der Waals surface area (Å²) in [5, 5.41) is 0. The molecule has 0 bridgehead atoms. The van der Waals surface area contributed by atoms with Crippen LogP contribution in [0.5, 0.6) is 0 Å². The molecule has 2 rings (SSSR count). The third kappa shape index (κ3) is 3.30. The number of likely N-dealkylation sites (N-methyl/N-ethyl adjacent to an activating group) is 1. The summed E-state index contributed by atoms with van der Waals surface area (Å²) in [5.74, 6) is 0.415. The Balaban J connectivity index is 1.91. The minimum atomic E-state index is -0.353. The maximum atomic E-state index is 12.2. The molecule has 1 aliphatic heterocycles. The maximum Gasteiger partial charge on any atom is 0.245 e. The van der Waals surface area contributed by atoms with E-state index in [4.69, 9.17) is 0 Å². The molecule has 1 saturated heterocycles. The van der Waals surface area contributed by atoms with E-state index < -0.39 is 0 Å². The molecular weight excluding hydrogens is 274 g/mol. The van der Waals surface area contributed by atoms with Crippen LogP contribution in [0.1, 0.15) is 13.8 Å². The first-order valence-corrected chi connectivity index (χ1v) is 7.73. The zero-order valence-electron chi connectivity index (χ0n) is 11.8. The van der Waals surface area contributed by atoms with Crippen LogP contribution in [0, 0.1) is 0 Å². The zero-order chi connectivity index (χ0) is 14.5. The number of thioether (sulfide) groups is 1. The van der Waals surface area contributed by atoms with Gasteiger partial charge in [-0.15, -0.1) is 11.8 Å². The normalized spacial score (nSPS) is 19.3. The molecule has 108 valence electrons. The van der Waals surface area contributed by atoms with E-state index in [-0.39, 0.29) is 17.9 Å². The maximum absolute atomic E-state index is 12.2. The second-order valence-electron chi connectivity index (χ2n) is 4.65. The van der Waals surface area contributed by atoms with E-state index in [1.807, 2.05) is 19.1 Å². The number of rotatable bonds is 4. The molecule has 1 fully saturated rings. The molecular formula is C14H19N3O2S. The monoisotopic (exact) mass is 293 g/mol. The van der Waals surface area contributed by atoms with Crippen LogP contribution in [0.2, 0.25) is 0 Å². The molecule has 2 amide bonds. The summed E-state index contributed by atoms with van der Waals surface area (Å²) < 4.78 is 0. The van der Waals surface area contributed by atoms with Crippen LogP contribution >= 0.6 is 11.8 Å². The fraction of sp³-hybridized carbons (Fsp3) is 0.500. The summed E-state index contributed by atoms with van der Waals surface area (Å²) in [6, 6.07) is 3.40. The number of hydrogen-bond acceptors (Lipinski definition) is 4. The highest BCUT2D eigenvalue weighted by atomic mass is 32.2. The standard InChI is InChI=1S/C14H19N3O2S/c1-3-16-8-9-17(11(2)14(16)19)13(18)10-20-12-4-6-15-7-5-12/h4-7,11H,3,8-10H2,1-2H3. The average Bonchev–Trinajstić information content (AvgIpc) is 2.48. The summed E-state index contributed by atoms with van der Waals surface area (Å²) in [7, 11) is 0. The number of aromatic nitrogens is 1. The SMILES string of the molecule is CCN1CCN(C(=O)CSc2ccncc2)C(C)C1=O. The minimum Gasteiger partial charge on any atom is -0.339 e. The van der Waals surface area contributed by atoms with Gasteiger partial charge in [-0.1, -0.05) is 0 Å². The highest BCUT2D eigenvalue weighted by Gasteiger charge is 2.33. The van der Waals surface area contributed by atoms with Crippen molar-refractivity contribution in [1.82, 2.24) is 14.8 Å². The van der Waals surface area contributed by atoms with E-state index >= 15 is 0 Å². The van der Waals surface area contributed by atoms with Gasteiger partial charge in [-0.3, -0.25) is 14.6 Å². The van der Waals surface area contributed by atoms with Crippen LogP contribution in [-0.2, 0) is 9.59 Å². The molecule has 0 saturated carbocycles. The van der Waals surface area contributed by atoms with Crippen LogP contribution in [0.3, 0.4) is 0 Å². The van der Waals surface area contributed by atoms with Gasteiger partial charge < -0.3 is 9.80 Å². The number of carbonyl (C=O) groups excluding carboxylic acids is 2. The number of amides is 2. The van der Waals surface area contributed by atoms with E-state index in [0.717, 1.165) is 4.90 Å². The van der Waals surface area contributed by atoms with Gasteiger partial charge >= 0.3 is 0 Å². The van der Waals surface area contributed by atoms with Gasteiger partial charge in [0.15, 0.2) is 0 Å². The van der Waals surface area contributed by atoms with E-state index in [1.54, 1.807) is 29.1 Å². The predicted molar refractivity (Wildman–Crippen MR) is 78.4 cm³/mol.